The van der Waals surface area contributed by atoms with Crippen LogP contribution < -0.4 is 10.6 Å². The molecule has 0 bridgehead atoms. The van der Waals surface area contributed by atoms with Gasteiger partial charge in [0.15, 0.2) is 5.11 Å². The summed E-state index contributed by atoms with van der Waals surface area (Å²) in [5, 5.41) is 11.8. The molecule has 90 valence electrons. The lowest BCUT2D eigenvalue weighted by Crippen LogP contribution is -2.35. The van der Waals surface area contributed by atoms with E-state index in [1.807, 2.05) is 18.5 Å². The van der Waals surface area contributed by atoms with Crippen LogP contribution in [0.4, 0.5) is 0 Å². The Morgan fingerprint density at radius 3 is 2.88 bits per heavy atom. The van der Waals surface area contributed by atoms with Crippen molar-refractivity contribution in [1.29, 1.82) is 0 Å². The summed E-state index contributed by atoms with van der Waals surface area (Å²) in [6, 6.07) is 0. The van der Waals surface area contributed by atoms with Crippen molar-refractivity contribution in [2.24, 2.45) is 0 Å². The first-order valence-corrected chi connectivity index (χ1v) is 6.13. The van der Waals surface area contributed by atoms with Gasteiger partial charge in [-0.1, -0.05) is 11.6 Å². The number of hydrogen-bond acceptors (Lipinski definition) is 2. The second-order valence-electron chi connectivity index (χ2n) is 3.44. The zero-order valence-corrected chi connectivity index (χ0v) is 11.2. The second kappa shape index (κ2) is 6.70. The number of aromatic nitrogens is 2. The topological polar surface area (TPSA) is 41.9 Å². The van der Waals surface area contributed by atoms with Crippen LogP contribution in [0.25, 0.3) is 0 Å². The average molecular weight is 261 g/mol. The van der Waals surface area contributed by atoms with Gasteiger partial charge in [0.1, 0.15) is 0 Å². The molecule has 0 spiro atoms. The fraction of sp³-hybridized carbons (Fsp3) is 0.600. The van der Waals surface area contributed by atoms with Gasteiger partial charge in [-0.05, 0) is 32.5 Å². The van der Waals surface area contributed by atoms with E-state index in [0.717, 1.165) is 36.8 Å². The Bertz CT molecular complexity index is 351. The number of hydrogen-bond donors (Lipinski definition) is 2. The summed E-state index contributed by atoms with van der Waals surface area (Å²) in [5.74, 6) is 0. The molecule has 0 unspecified atom stereocenters. The molecule has 0 aliphatic heterocycles. The summed E-state index contributed by atoms with van der Waals surface area (Å²) >= 11 is 11.0. The first-order chi connectivity index (χ1) is 7.65. The molecule has 1 aromatic heterocycles. The summed E-state index contributed by atoms with van der Waals surface area (Å²) in [4.78, 5) is 0. The van der Waals surface area contributed by atoms with E-state index in [0.29, 0.717) is 5.11 Å². The van der Waals surface area contributed by atoms with Crippen LogP contribution in [0.5, 0.6) is 0 Å². The molecule has 0 radical (unpaired) electrons. The molecule has 0 saturated carbocycles. The summed E-state index contributed by atoms with van der Waals surface area (Å²) in [6.07, 6.45) is 2.64. The predicted molar refractivity (Wildman–Crippen MR) is 70.9 cm³/mol. The van der Waals surface area contributed by atoms with Gasteiger partial charge in [0.25, 0.3) is 0 Å². The molecule has 4 nitrogen and oxygen atoms in total. The highest BCUT2D eigenvalue weighted by Crippen LogP contribution is 2.13. The van der Waals surface area contributed by atoms with Gasteiger partial charge < -0.3 is 10.6 Å². The molecule has 1 heterocycles. The van der Waals surface area contributed by atoms with Crippen molar-refractivity contribution < 1.29 is 0 Å². The number of rotatable bonds is 5. The fourth-order valence-corrected chi connectivity index (χ4v) is 1.69. The van der Waals surface area contributed by atoms with Crippen LogP contribution in [0.1, 0.15) is 19.0 Å². The first-order valence-electron chi connectivity index (χ1n) is 5.34. The molecule has 0 aromatic carbocycles. The summed E-state index contributed by atoms with van der Waals surface area (Å²) in [6.45, 7) is 6.51. The molecule has 0 fully saturated rings. The lowest BCUT2D eigenvalue weighted by atomic mass is 10.4. The summed E-state index contributed by atoms with van der Waals surface area (Å²) in [5.41, 5.74) is 1.01. The van der Waals surface area contributed by atoms with E-state index in [2.05, 4.69) is 15.7 Å². The Kier molecular flexibility index (Phi) is 5.55. The molecule has 2 N–H and O–H groups in total. The Morgan fingerprint density at radius 2 is 2.31 bits per heavy atom. The van der Waals surface area contributed by atoms with Crippen LogP contribution >= 0.6 is 23.8 Å². The Morgan fingerprint density at radius 1 is 1.56 bits per heavy atom. The first kappa shape index (κ1) is 13.3. The van der Waals surface area contributed by atoms with Crippen LogP contribution in [-0.2, 0) is 6.54 Å². The van der Waals surface area contributed by atoms with E-state index in [9.17, 15) is 0 Å². The van der Waals surface area contributed by atoms with Crippen molar-refractivity contribution in [2.45, 2.75) is 26.8 Å². The Labute approximate surface area is 106 Å². The maximum Gasteiger partial charge on any atom is 0.166 e. The minimum absolute atomic E-state index is 0.706. The third-order valence-electron chi connectivity index (χ3n) is 2.21. The van der Waals surface area contributed by atoms with E-state index in [1.165, 1.54) is 0 Å². The highest BCUT2D eigenvalue weighted by molar-refractivity contribution is 7.80. The maximum absolute atomic E-state index is 5.90. The van der Waals surface area contributed by atoms with E-state index in [1.54, 1.807) is 6.20 Å². The standard InChI is InChI=1S/C10H17ClN4S/c1-3-12-10(16)13-5-4-6-15-8(2)9(11)7-14-15/h7H,3-6H2,1-2H3,(H2,12,13,16). The van der Waals surface area contributed by atoms with Crippen LogP contribution in [0.2, 0.25) is 5.02 Å². The molecule has 1 rings (SSSR count). The van der Waals surface area contributed by atoms with Crippen molar-refractivity contribution in [3.63, 3.8) is 0 Å². The number of thiocarbonyl (C=S) groups is 1. The number of aryl methyl sites for hydroxylation is 1. The van der Waals surface area contributed by atoms with E-state index >= 15 is 0 Å². The molecule has 16 heavy (non-hydrogen) atoms. The van der Waals surface area contributed by atoms with Crippen molar-refractivity contribution in [3.8, 4) is 0 Å². The lowest BCUT2D eigenvalue weighted by molar-refractivity contribution is 0.559. The van der Waals surface area contributed by atoms with E-state index < -0.39 is 0 Å². The molecular weight excluding hydrogens is 244 g/mol. The minimum atomic E-state index is 0.706. The quantitative estimate of drug-likeness (QED) is 0.625. The Balaban J connectivity index is 2.21. The van der Waals surface area contributed by atoms with Gasteiger partial charge in [-0.2, -0.15) is 5.10 Å². The SMILES string of the molecule is CCNC(=S)NCCCn1ncc(Cl)c1C. The largest absolute Gasteiger partial charge is 0.363 e. The summed E-state index contributed by atoms with van der Waals surface area (Å²) < 4.78 is 1.90. The maximum atomic E-state index is 5.90. The average Bonchev–Trinajstić information content (AvgIpc) is 2.56. The normalized spacial score (nSPS) is 10.2. The van der Waals surface area contributed by atoms with Crippen molar-refractivity contribution in [2.75, 3.05) is 13.1 Å². The van der Waals surface area contributed by atoms with E-state index in [4.69, 9.17) is 23.8 Å². The third-order valence-corrected chi connectivity index (χ3v) is 2.87. The minimum Gasteiger partial charge on any atom is -0.363 e. The molecular formula is C10H17ClN4S. The van der Waals surface area contributed by atoms with Crippen LogP contribution in [0, 0.1) is 6.92 Å². The fourth-order valence-electron chi connectivity index (χ4n) is 1.30. The molecule has 0 atom stereocenters. The van der Waals surface area contributed by atoms with Gasteiger partial charge in [0, 0.05) is 19.6 Å². The Hall–Kier alpha value is -0.810. The molecule has 6 heteroatoms. The lowest BCUT2D eigenvalue weighted by Gasteiger charge is -2.09. The van der Waals surface area contributed by atoms with Crippen molar-refractivity contribution >= 4 is 28.9 Å². The van der Waals surface area contributed by atoms with Crippen LogP contribution in [0.3, 0.4) is 0 Å². The number of halogens is 1. The van der Waals surface area contributed by atoms with Crippen molar-refractivity contribution in [3.05, 3.63) is 16.9 Å². The molecule has 0 aliphatic carbocycles. The molecule has 0 amide bonds. The van der Waals surface area contributed by atoms with Crippen molar-refractivity contribution in [1.82, 2.24) is 20.4 Å². The zero-order chi connectivity index (χ0) is 12.0. The van der Waals surface area contributed by atoms with Gasteiger partial charge in [0.05, 0.1) is 16.9 Å². The number of nitrogens with zero attached hydrogens (tertiary/aromatic N) is 2. The van der Waals surface area contributed by atoms with Gasteiger partial charge in [-0.25, -0.2) is 0 Å². The molecule has 1 aromatic rings. The monoisotopic (exact) mass is 260 g/mol. The van der Waals surface area contributed by atoms with Crippen LogP contribution in [-0.4, -0.2) is 28.0 Å². The van der Waals surface area contributed by atoms with Gasteiger partial charge >= 0.3 is 0 Å². The summed E-state index contributed by atoms with van der Waals surface area (Å²) in [7, 11) is 0. The van der Waals surface area contributed by atoms with E-state index in [-0.39, 0.29) is 0 Å². The smallest absolute Gasteiger partial charge is 0.166 e. The van der Waals surface area contributed by atoms with Gasteiger partial charge in [0.2, 0.25) is 0 Å². The van der Waals surface area contributed by atoms with Gasteiger partial charge in [-0.15, -0.1) is 0 Å². The predicted octanol–water partition coefficient (Wildman–Crippen LogP) is 1.72. The highest BCUT2D eigenvalue weighted by Gasteiger charge is 2.02. The second-order valence-corrected chi connectivity index (χ2v) is 4.26. The zero-order valence-electron chi connectivity index (χ0n) is 9.59. The number of nitrogens with one attached hydrogen (secondary N) is 2. The van der Waals surface area contributed by atoms with Crippen LogP contribution in [0.15, 0.2) is 6.20 Å². The highest BCUT2D eigenvalue weighted by atomic mass is 35.5. The van der Waals surface area contributed by atoms with Gasteiger partial charge in [-0.3, -0.25) is 4.68 Å². The third kappa shape index (κ3) is 3.98. The molecule has 0 aliphatic rings. The molecule has 0 saturated heterocycles.